The van der Waals surface area contributed by atoms with E-state index in [9.17, 15) is 0 Å². The third-order valence-electron chi connectivity index (χ3n) is 3.69. The Hall–Kier alpha value is -1.94. The molecule has 0 aromatic carbocycles. The van der Waals surface area contributed by atoms with Crippen LogP contribution < -0.4 is 10.6 Å². The Labute approximate surface area is 113 Å². The van der Waals surface area contributed by atoms with Gasteiger partial charge < -0.3 is 10.6 Å². The van der Waals surface area contributed by atoms with Gasteiger partial charge in [0.25, 0.3) is 0 Å². The molecule has 98 valence electrons. The summed E-state index contributed by atoms with van der Waals surface area (Å²) in [6.07, 6.45) is 8.05. The molecular formula is C15H18N4. The molecule has 2 N–H and O–H groups in total. The highest BCUT2D eigenvalue weighted by atomic mass is 15.2. The number of nitrogens with two attached hydrogens (primary N) is 1. The van der Waals surface area contributed by atoms with E-state index < -0.39 is 0 Å². The largest absolute Gasteiger partial charge is 0.363 e. The number of aromatic nitrogens is 2. The Morgan fingerprint density at radius 1 is 1.21 bits per heavy atom. The minimum atomic E-state index is 0.438. The van der Waals surface area contributed by atoms with E-state index in [0.717, 1.165) is 12.2 Å². The van der Waals surface area contributed by atoms with Crippen molar-refractivity contribution in [1.29, 1.82) is 0 Å². The van der Waals surface area contributed by atoms with E-state index in [-0.39, 0.29) is 0 Å². The van der Waals surface area contributed by atoms with Crippen molar-refractivity contribution in [2.45, 2.75) is 25.4 Å². The zero-order chi connectivity index (χ0) is 13.1. The van der Waals surface area contributed by atoms with Gasteiger partial charge in [-0.15, -0.1) is 0 Å². The lowest BCUT2D eigenvalue weighted by Gasteiger charge is -2.26. The maximum absolute atomic E-state index is 5.59. The highest BCUT2D eigenvalue weighted by molar-refractivity contribution is 5.48. The van der Waals surface area contributed by atoms with Crippen molar-refractivity contribution < 1.29 is 0 Å². The topological polar surface area (TPSA) is 55.0 Å². The van der Waals surface area contributed by atoms with E-state index in [1.54, 1.807) is 0 Å². The van der Waals surface area contributed by atoms with Crippen molar-refractivity contribution in [1.82, 2.24) is 9.97 Å². The predicted molar refractivity (Wildman–Crippen MR) is 75.7 cm³/mol. The highest BCUT2D eigenvalue weighted by Crippen LogP contribution is 2.35. The highest BCUT2D eigenvalue weighted by Gasteiger charge is 2.26. The second kappa shape index (κ2) is 5.36. The molecule has 4 heteroatoms. The third-order valence-corrected chi connectivity index (χ3v) is 3.69. The van der Waals surface area contributed by atoms with Crippen LogP contribution >= 0.6 is 0 Å². The van der Waals surface area contributed by atoms with Crippen LogP contribution in [0.25, 0.3) is 0 Å². The average molecular weight is 254 g/mol. The molecule has 1 aliphatic heterocycles. The molecule has 3 rings (SSSR count). The lowest BCUT2D eigenvalue weighted by molar-refractivity contribution is 0.716. The van der Waals surface area contributed by atoms with Gasteiger partial charge >= 0.3 is 0 Å². The summed E-state index contributed by atoms with van der Waals surface area (Å²) in [7, 11) is 0. The minimum absolute atomic E-state index is 0.438. The van der Waals surface area contributed by atoms with E-state index in [0.29, 0.717) is 12.6 Å². The van der Waals surface area contributed by atoms with Crippen molar-refractivity contribution in [3.8, 4) is 0 Å². The van der Waals surface area contributed by atoms with Crippen molar-refractivity contribution in [2.24, 2.45) is 5.73 Å². The summed E-state index contributed by atoms with van der Waals surface area (Å²) in [6, 6.07) is 8.77. The second-order valence-electron chi connectivity index (χ2n) is 4.84. The summed E-state index contributed by atoms with van der Waals surface area (Å²) in [5, 5.41) is 0. The van der Waals surface area contributed by atoms with Gasteiger partial charge in [0.1, 0.15) is 0 Å². The zero-order valence-corrected chi connectivity index (χ0v) is 10.9. The zero-order valence-electron chi connectivity index (χ0n) is 10.9. The molecule has 1 saturated heterocycles. The molecule has 0 spiro atoms. The van der Waals surface area contributed by atoms with Crippen molar-refractivity contribution in [3.05, 3.63) is 54.1 Å². The van der Waals surface area contributed by atoms with Crippen molar-refractivity contribution in [2.75, 3.05) is 11.4 Å². The first kappa shape index (κ1) is 12.1. The van der Waals surface area contributed by atoms with Gasteiger partial charge in [-0.25, -0.2) is 0 Å². The number of hydrogen-bond donors (Lipinski definition) is 1. The van der Waals surface area contributed by atoms with Gasteiger partial charge in [0.2, 0.25) is 0 Å². The van der Waals surface area contributed by atoms with Crippen LogP contribution in [0.2, 0.25) is 0 Å². The summed E-state index contributed by atoms with van der Waals surface area (Å²) in [6.45, 7) is 1.57. The van der Waals surface area contributed by atoms with Gasteiger partial charge in [-0.05, 0) is 42.7 Å². The number of nitrogens with zero attached hydrogens (tertiary/aromatic N) is 3. The molecule has 3 heterocycles. The van der Waals surface area contributed by atoms with E-state index in [4.69, 9.17) is 5.73 Å². The maximum atomic E-state index is 5.59. The van der Waals surface area contributed by atoms with E-state index in [2.05, 4.69) is 33.1 Å². The summed E-state index contributed by atoms with van der Waals surface area (Å²) in [5.41, 5.74) is 9.03. The molecular weight excluding hydrogens is 236 g/mol. The standard InChI is InChI=1S/C15H18N4/c16-10-13-3-4-14(11-18-13)19-9-1-2-15(19)12-5-7-17-8-6-12/h3-8,11,15H,1-2,9-10,16H2. The molecule has 19 heavy (non-hydrogen) atoms. The van der Waals surface area contributed by atoms with Gasteiger partial charge in [-0.1, -0.05) is 0 Å². The van der Waals surface area contributed by atoms with E-state index >= 15 is 0 Å². The van der Waals surface area contributed by atoms with Crippen LogP contribution in [0.15, 0.2) is 42.9 Å². The summed E-state index contributed by atoms with van der Waals surface area (Å²) >= 11 is 0. The molecule has 0 aliphatic carbocycles. The first-order valence-corrected chi connectivity index (χ1v) is 6.70. The van der Waals surface area contributed by atoms with Crippen LogP contribution in [0.1, 0.15) is 30.1 Å². The van der Waals surface area contributed by atoms with Crippen LogP contribution in [-0.2, 0) is 6.54 Å². The van der Waals surface area contributed by atoms with Crippen molar-refractivity contribution in [3.63, 3.8) is 0 Å². The predicted octanol–water partition coefficient (Wildman–Crippen LogP) is 2.28. The van der Waals surface area contributed by atoms with Gasteiger partial charge in [-0.2, -0.15) is 0 Å². The van der Waals surface area contributed by atoms with Crippen LogP contribution in [0.4, 0.5) is 5.69 Å². The normalized spacial score (nSPS) is 18.8. The smallest absolute Gasteiger partial charge is 0.0558 e. The number of pyridine rings is 2. The van der Waals surface area contributed by atoms with E-state index in [1.807, 2.05) is 24.7 Å². The van der Waals surface area contributed by atoms with Gasteiger partial charge in [0.15, 0.2) is 0 Å². The number of anilines is 1. The molecule has 0 saturated carbocycles. The van der Waals surface area contributed by atoms with Gasteiger partial charge in [0.05, 0.1) is 23.6 Å². The van der Waals surface area contributed by atoms with Crippen LogP contribution in [0, 0.1) is 0 Å². The molecule has 1 unspecified atom stereocenters. The van der Waals surface area contributed by atoms with Crippen LogP contribution in [-0.4, -0.2) is 16.5 Å². The maximum Gasteiger partial charge on any atom is 0.0558 e. The molecule has 1 aliphatic rings. The number of rotatable bonds is 3. The molecule has 0 radical (unpaired) electrons. The molecule has 2 aromatic rings. The molecule has 4 nitrogen and oxygen atoms in total. The second-order valence-corrected chi connectivity index (χ2v) is 4.84. The first-order chi connectivity index (χ1) is 9.38. The molecule has 0 bridgehead atoms. The lowest BCUT2D eigenvalue weighted by atomic mass is 10.1. The summed E-state index contributed by atoms with van der Waals surface area (Å²) < 4.78 is 0. The monoisotopic (exact) mass is 254 g/mol. The van der Waals surface area contributed by atoms with Crippen LogP contribution in [0.5, 0.6) is 0 Å². The van der Waals surface area contributed by atoms with E-state index in [1.165, 1.54) is 24.1 Å². The Morgan fingerprint density at radius 2 is 2.05 bits per heavy atom. The Kier molecular flexibility index (Phi) is 3.42. The Balaban J connectivity index is 1.86. The molecule has 1 atom stereocenters. The Bertz CT molecular complexity index is 524. The number of hydrogen-bond acceptors (Lipinski definition) is 4. The quantitative estimate of drug-likeness (QED) is 0.913. The minimum Gasteiger partial charge on any atom is -0.363 e. The van der Waals surface area contributed by atoms with Gasteiger partial charge in [-0.3, -0.25) is 9.97 Å². The fourth-order valence-electron chi connectivity index (χ4n) is 2.72. The molecule has 2 aromatic heterocycles. The Morgan fingerprint density at radius 3 is 2.74 bits per heavy atom. The average Bonchev–Trinajstić information content (AvgIpc) is 2.98. The fourth-order valence-corrected chi connectivity index (χ4v) is 2.72. The first-order valence-electron chi connectivity index (χ1n) is 6.70. The summed E-state index contributed by atoms with van der Waals surface area (Å²) in [5.74, 6) is 0. The molecule has 0 amide bonds. The van der Waals surface area contributed by atoms with Gasteiger partial charge in [0, 0.05) is 25.5 Å². The fraction of sp³-hybridized carbons (Fsp3) is 0.333. The SMILES string of the molecule is NCc1ccc(N2CCCC2c2ccncc2)cn1. The van der Waals surface area contributed by atoms with Crippen molar-refractivity contribution >= 4 is 5.69 Å². The molecule has 1 fully saturated rings. The lowest BCUT2D eigenvalue weighted by Crippen LogP contribution is -2.22. The third kappa shape index (κ3) is 2.44. The summed E-state index contributed by atoms with van der Waals surface area (Å²) in [4.78, 5) is 10.9. The van der Waals surface area contributed by atoms with Crippen LogP contribution in [0.3, 0.4) is 0 Å².